The first-order valence-corrected chi connectivity index (χ1v) is 10.9. The third kappa shape index (κ3) is 5.33. The second-order valence-corrected chi connectivity index (χ2v) is 8.00. The van der Waals surface area contributed by atoms with E-state index >= 15 is 0 Å². The fraction of sp³-hybridized carbons (Fsp3) is 0.0435. The van der Waals surface area contributed by atoms with Crippen molar-refractivity contribution in [3.63, 3.8) is 0 Å². The maximum Gasteiger partial charge on any atom is 0.349 e. The molecule has 0 spiro atoms. The van der Waals surface area contributed by atoms with Crippen LogP contribution in [0.25, 0.3) is 10.9 Å². The molecule has 0 atom stereocenters. The Morgan fingerprint density at radius 2 is 1.86 bits per heavy atom. The first-order valence-electron chi connectivity index (χ1n) is 10.1. The Balaban J connectivity index is 1.59. The number of halogens is 1. The lowest BCUT2D eigenvalue weighted by Gasteiger charge is -2.10. The zero-order valence-corrected chi connectivity index (χ0v) is 19.4. The van der Waals surface area contributed by atoms with E-state index in [4.69, 9.17) is 4.74 Å². The van der Waals surface area contributed by atoms with Crippen LogP contribution in [-0.4, -0.2) is 33.3 Å². The van der Waals surface area contributed by atoms with Gasteiger partial charge in [-0.25, -0.2) is 4.79 Å². The van der Waals surface area contributed by atoms with Gasteiger partial charge in [0.2, 0.25) is 5.75 Å². The van der Waals surface area contributed by atoms with E-state index < -0.39 is 34.4 Å². The topological polar surface area (TPSA) is 149 Å². The molecule has 12 heteroatoms. The van der Waals surface area contributed by atoms with Crippen LogP contribution in [0.2, 0.25) is 0 Å². The summed E-state index contributed by atoms with van der Waals surface area (Å²) in [5, 5.41) is 18.4. The molecule has 0 radical (unpaired) electrons. The number of carbonyl (C=O) groups is 1. The molecule has 3 aromatic carbocycles. The van der Waals surface area contributed by atoms with Crippen LogP contribution in [-0.2, 0) is 4.79 Å². The molecular formula is C23H16BrN5O6. The maximum atomic E-state index is 12.6. The van der Waals surface area contributed by atoms with Crippen molar-refractivity contribution in [1.29, 1.82) is 0 Å². The second-order valence-electron chi connectivity index (χ2n) is 7.15. The summed E-state index contributed by atoms with van der Waals surface area (Å²) in [6.45, 7) is -0.469. The molecule has 1 heterocycles. The summed E-state index contributed by atoms with van der Waals surface area (Å²) in [6.07, 6.45) is 1.13. The third-order valence-corrected chi connectivity index (χ3v) is 5.34. The van der Waals surface area contributed by atoms with E-state index in [-0.39, 0.29) is 21.2 Å². The number of ether oxygens (including phenoxy) is 1. The SMILES string of the molecule is O=C(COc1c(Br)cc(C=Nn2c(=O)[nH]c3ccccc3c2=O)cc1[N+](=O)[O-])Nc1ccccc1. The van der Waals surface area contributed by atoms with E-state index in [0.717, 1.165) is 12.3 Å². The van der Waals surface area contributed by atoms with Crippen molar-refractivity contribution in [3.8, 4) is 5.75 Å². The van der Waals surface area contributed by atoms with Gasteiger partial charge < -0.3 is 15.0 Å². The maximum absolute atomic E-state index is 12.6. The molecule has 0 saturated heterocycles. The van der Waals surface area contributed by atoms with Crippen LogP contribution in [0.1, 0.15) is 5.56 Å². The van der Waals surface area contributed by atoms with Gasteiger partial charge in [-0.3, -0.25) is 19.7 Å². The number of nitrogens with zero attached hydrogens (tertiary/aromatic N) is 3. The molecule has 11 nitrogen and oxygen atoms in total. The molecule has 4 rings (SSSR count). The number of para-hydroxylation sites is 2. The molecule has 35 heavy (non-hydrogen) atoms. The van der Waals surface area contributed by atoms with Crippen LogP contribution in [0.5, 0.6) is 5.75 Å². The Hall–Kier alpha value is -4.58. The van der Waals surface area contributed by atoms with Crippen LogP contribution in [0, 0.1) is 10.1 Å². The number of aromatic amines is 1. The quantitative estimate of drug-likeness (QED) is 0.210. The van der Waals surface area contributed by atoms with Crippen molar-refractivity contribution in [2.45, 2.75) is 0 Å². The molecule has 0 aliphatic rings. The van der Waals surface area contributed by atoms with Crippen molar-refractivity contribution < 1.29 is 14.5 Å². The largest absolute Gasteiger partial charge is 0.476 e. The van der Waals surface area contributed by atoms with Crippen LogP contribution in [0.15, 0.2) is 85.9 Å². The predicted molar refractivity (Wildman–Crippen MR) is 133 cm³/mol. The third-order valence-electron chi connectivity index (χ3n) is 4.75. The predicted octanol–water partition coefficient (Wildman–Crippen LogP) is 3.26. The van der Waals surface area contributed by atoms with E-state index in [2.05, 4.69) is 31.3 Å². The number of anilines is 1. The fourth-order valence-electron chi connectivity index (χ4n) is 3.19. The van der Waals surface area contributed by atoms with Gasteiger partial charge >= 0.3 is 11.4 Å². The number of hydrogen-bond acceptors (Lipinski definition) is 7. The number of nitrogens with one attached hydrogen (secondary N) is 2. The van der Waals surface area contributed by atoms with E-state index in [0.29, 0.717) is 15.9 Å². The molecule has 1 amide bonds. The van der Waals surface area contributed by atoms with Gasteiger partial charge in [-0.1, -0.05) is 30.3 Å². The van der Waals surface area contributed by atoms with E-state index in [1.165, 1.54) is 6.07 Å². The van der Waals surface area contributed by atoms with Gasteiger partial charge in [0, 0.05) is 17.3 Å². The van der Waals surface area contributed by atoms with Crippen molar-refractivity contribution >= 4 is 50.3 Å². The Kier molecular flexibility index (Phi) is 6.83. The van der Waals surface area contributed by atoms with Crippen LogP contribution in [0.3, 0.4) is 0 Å². The normalized spacial score (nSPS) is 11.0. The lowest BCUT2D eigenvalue weighted by atomic mass is 10.2. The molecule has 0 aliphatic heterocycles. The van der Waals surface area contributed by atoms with Gasteiger partial charge in [0.1, 0.15) is 0 Å². The van der Waals surface area contributed by atoms with Crippen molar-refractivity contribution in [3.05, 3.63) is 108 Å². The zero-order chi connectivity index (χ0) is 24.9. The smallest absolute Gasteiger partial charge is 0.349 e. The fourth-order valence-corrected chi connectivity index (χ4v) is 3.77. The first-order chi connectivity index (χ1) is 16.8. The molecule has 176 valence electrons. The number of aromatic nitrogens is 2. The molecule has 0 unspecified atom stereocenters. The molecule has 0 saturated carbocycles. The average molecular weight is 538 g/mol. The highest BCUT2D eigenvalue weighted by Crippen LogP contribution is 2.36. The first kappa shape index (κ1) is 23.6. The molecule has 1 aromatic heterocycles. The minimum atomic E-state index is -0.761. The Labute approximate surface area is 205 Å². The molecular weight excluding hydrogens is 522 g/mol. The standard InChI is InChI=1S/C23H16BrN5O6/c24-17-10-14(12-25-28-22(31)16-8-4-5-9-18(16)27-23(28)32)11-19(29(33)34)21(17)35-13-20(30)26-15-6-2-1-3-7-15/h1-12H,13H2,(H,26,30)(H,27,32). The monoisotopic (exact) mass is 537 g/mol. The summed E-state index contributed by atoms with van der Waals surface area (Å²) in [4.78, 5) is 50.5. The number of rotatable bonds is 7. The highest BCUT2D eigenvalue weighted by molar-refractivity contribution is 9.10. The van der Waals surface area contributed by atoms with Crippen molar-refractivity contribution in [2.24, 2.45) is 5.10 Å². The number of hydrogen-bond donors (Lipinski definition) is 2. The summed E-state index contributed by atoms with van der Waals surface area (Å²) in [6, 6.07) is 17.7. The Morgan fingerprint density at radius 1 is 1.14 bits per heavy atom. The van der Waals surface area contributed by atoms with E-state index in [1.807, 2.05) is 0 Å². The molecule has 0 bridgehead atoms. The van der Waals surface area contributed by atoms with E-state index in [9.17, 15) is 24.5 Å². The van der Waals surface area contributed by atoms with Crippen LogP contribution >= 0.6 is 15.9 Å². The summed E-state index contributed by atoms with van der Waals surface area (Å²) in [5.74, 6) is -0.658. The Morgan fingerprint density at radius 3 is 2.60 bits per heavy atom. The number of amides is 1. The lowest BCUT2D eigenvalue weighted by Crippen LogP contribution is -2.32. The second kappa shape index (κ2) is 10.1. The highest BCUT2D eigenvalue weighted by Gasteiger charge is 2.21. The number of carbonyl (C=O) groups excluding carboxylic acids is 1. The summed E-state index contributed by atoms with van der Waals surface area (Å²) in [5.41, 5.74) is -0.705. The molecule has 0 fully saturated rings. The van der Waals surface area contributed by atoms with Crippen LogP contribution in [0.4, 0.5) is 11.4 Å². The Bertz CT molecular complexity index is 1580. The van der Waals surface area contributed by atoms with Gasteiger partial charge in [0.05, 0.1) is 26.5 Å². The summed E-state index contributed by atoms with van der Waals surface area (Å²) in [7, 11) is 0. The summed E-state index contributed by atoms with van der Waals surface area (Å²) >= 11 is 3.21. The molecule has 4 aromatic rings. The van der Waals surface area contributed by atoms with Crippen molar-refractivity contribution in [1.82, 2.24) is 9.66 Å². The number of nitro benzene ring substituents is 1. The minimum Gasteiger partial charge on any atom is -0.476 e. The van der Waals surface area contributed by atoms with E-state index in [1.54, 1.807) is 54.6 Å². The molecule has 0 aliphatic carbocycles. The number of fused-ring (bicyclic) bond motifs is 1. The summed E-state index contributed by atoms with van der Waals surface area (Å²) < 4.78 is 6.22. The van der Waals surface area contributed by atoms with Crippen molar-refractivity contribution in [2.75, 3.05) is 11.9 Å². The van der Waals surface area contributed by atoms with Crippen LogP contribution < -0.4 is 21.3 Å². The lowest BCUT2D eigenvalue weighted by molar-refractivity contribution is -0.385. The number of H-pyrrole nitrogens is 1. The number of benzene rings is 3. The van der Waals surface area contributed by atoms with Gasteiger partial charge in [0.15, 0.2) is 6.61 Å². The average Bonchev–Trinajstić information content (AvgIpc) is 2.83. The number of nitro groups is 1. The van der Waals surface area contributed by atoms with Gasteiger partial charge in [0.25, 0.3) is 11.5 Å². The van der Waals surface area contributed by atoms with Gasteiger partial charge in [-0.15, -0.1) is 4.68 Å². The van der Waals surface area contributed by atoms with Gasteiger partial charge in [-0.2, -0.15) is 5.10 Å². The molecule has 2 N–H and O–H groups in total. The van der Waals surface area contributed by atoms with Gasteiger partial charge in [-0.05, 0) is 46.3 Å². The highest BCUT2D eigenvalue weighted by atomic mass is 79.9. The zero-order valence-electron chi connectivity index (χ0n) is 17.8. The minimum absolute atomic E-state index is 0.156.